The van der Waals surface area contributed by atoms with Crippen molar-refractivity contribution in [1.29, 1.82) is 0 Å². The Hall–Kier alpha value is -2.55. The second kappa shape index (κ2) is 40.1. The standard InChI is InChI=1S/C44H76NO8P/c1-4-6-8-10-12-14-16-18-20-21-23-24-26-28-30-32-34-36-43(46)50-40-42(41-52-54(48,49)51-39-38-45-3)53-44(47)37-35-33-31-29-27-25-22-19-17-15-13-11-9-7-5-2/h12-15,18-20,22-24,28,30,42,45H,4-11,16-17,21,25-27,29,31-41H2,1-3H3,(H,48,49)/b14-12-,15-13-,20-18-,22-19-,24-23-,30-28-. The molecule has 0 saturated heterocycles. The molecule has 310 valence electrons. The zero-order valence-electron chi connectivity index (χ0n) is 34.1. The SMILES string of the molecule is CCCCC/C=C\C/C=C\C/C=C\C/C=C\CCCC(=O)OCC(COP(=O)(O)OCCNC)OC(=O)CCCCCCC/C=C\C/C=C\CCCCC. The fourth-order valence-electron chi connectivity index (χ4n) is 5.10. The number of carbonyl (C=O) groups excluding carboxylic acids is 2. The lowest BCUT2D eigenvalue weighted by Crippen LogP contribution is -2.29. The first-order valence-corrected chi connectivity index (χ1v) is 22.4. The second-order valence-corrected chi connectivity index (χ2v) is 14.9. The number of carbonyl (C=O) groups is 2. The quantitative estimate of drug-likeness (QED) is 0.0273. The van der Waals surface area contributed by atoms with Crippen LogP contribution in [-0.2, 0) is 32.7 Å². The fraction of sp³-hybridized carbons (Fsp3) is 0.682. The van der Waals surface area contributed by atoms with E-state index in [-0.39, 0.29) is 26.1 Å². The summed E-state index contributed by atoms with van der Waals surface area (Å²) in [5.41, 5.74) is 0. The molecular weight excluding hydrogens is 701 g/mol. The monoisotopic (exact) mass is 778 g/mol. The molecule has 0 spiro atoms. The molecule has 0 aromatic carbocycles. The van der Waals surface area contributed by atoms with E-state index in [2.05, 4.69) is 92.1 Å². The first kappa shape index (κ1) is 51.5. The highest BCUT2D eigenvalue weighted by atomic mass is 31.2. The molecule has 54 heavy (non-hydrogen) atoms. The van der Waals surface area contributed by atoms with Crippen LogP contribution in [0.5, 0.6) is 0 Å². The lowest BCUT2D eigenvalue weighted by Gasteiger charge is -2.20. The van der Waals surface area contributed by atoms with E-state index in [4.69, 9.17) is 18.5 Å². The first-order chi connectivity index (χ1) is 26.3. The number of nitrogens with one attached hydrogen (secondary N) is 1. The van der Waals surface area contributed by atoms with Gasteiger partial charge in [-0.15, -0.1) is 0 Å². The molecule has 9 nitrogen and oxygen atoms in total. The van der Waals surface area contributed by atoms with E-state index in [1.54, 1.807) is 7.05 Å². The number of hydrogen-bond donors (Lipinski definition) is 2. The molecule has 0 aromatic rings. The molecule has 2 atom stereocenters. The summed E-state index contributed by atoms with van der Waals surface area (Å²) in [4.78, 5) is 35.0. The van der Waals surface area contributed by atoms with E-state index >= 15 is 0 Å². The van der Waals surface area contributed by atoms with Gasteiger partial charge in [-0.3, -0.25) is 18.6 Å². The Balaban J connectivity index is 4.39. The molecule has 0 saturated carbocycles. The third-order valence-electron chi connectivity index (χ3n) is 8.30. The van der Waals surface area contributed by atoms with Gasteiger partial charge >= 0.3 is 19.8 Å². The Morgan fingerprint density at radius 1 is 0.574 bits per heavy atom. The molecule has 2 unspecified atom stereocenters. The van der Waals surface area contributed by atoms with E-state index in [1.807, 2.05) is 0 Å². The maximum Gasteiger partial charge on any atom is 0.472 e. The molecule has 0 radical (unpaired) electrons. The summed E-state index contributed by atoms with van der Waals surface area (Å²) in [6.45, 7) is 4.07. The number of likely N-dealkylation sites (N-methyl/N-ethyl adjacent to an activating group) is 1. The Kier molecular flexibility index (Phi) is 38.2. The van der Waals surface area contributed by atoms with Crippen LogP contribution in [-0.4, -0.2) is 56.3 Å². The summed E-state index contributed by atoms with van der Waals surface area (Å²) < 4.78 is 33.1. The lowest BCUT2D eigenvalue weighted by molar-refractivity contribution is -0.161. The van der Waals surface area contributed by atoms with Crippen LogP contribution in [0.1, 0.15) is 155 Å². The largest absolute Gasteiger partial charge is 0.472 e. The number of rotatable bonds is 38. The summed E-state index contributed by atoms with van der Waals surface area (Å²) >= 11 is 0. The number of esters is 2. The van der Waals surface area contributed by atoms with Crippen LogP contribution in [0, 0.1) is 0 Å². The van der Waals surface area contributed by atoms with Crippen molar-refractivity contribution < 1.29 is 37.6 Å². The number of hydrogen-bond acceptors (Lipinski definition) is 8. The van der Waals surface area contributed by atoms with Gasteiger partial charge in [0.2, 0.25) is 0 Å². The summed E-state index contributed by atoms with van der Waals surface area (Å²) in [6.07, 6.45) is 46.6. The van der Waals surface area contributed by atoms with E-state index in [0.29, 0.717) is 19.4 Å². The predicted molar refractivity (Wildman–Crippen MR) is 224 cm³/mol. The summed E-state index contributed by atoms with van der Waals surface area (Å²) in [5.74, 6) is -0.896. The second-order valence-electron chi connectivity index (χ2n) is 13.5. The molecule has 0 bridgehead atoms. The number of allylic oxidation sites excluding steroid dienone is 12. The highest BCUT2D eigenvalue weighted by Crippen LogP contribution is 2.43. The third kappa shape index (κ3) is 39.2. The van der Waals surface area contributed by atoms with Gasteiger partial charge < -0.3 is 19.7 Å². The van der Waals surface area contributed by atoms with Crippen LogP contribution in [0.3, 0.4) is 0 Å². The zero-order valence-corrected chi connectivity index (χ0v) is 35.0. The molecule has 0 aliphatic rings. The zero-order chi connectivity index (χ0) is 39.6. The molecule has 0 fully saturated rings. The molecule has 0 amide bonds. The van der Waals surface area contributed by atoms with Gasteiger partial charge in [0, 0.05) is 19.4 Å². The van der Waals surface area contributed by atoms with Crippen LogP contribution in [0.4, 0.5) is 0 Å². The van der Waals surface area contributed by atoms with Crippen molar-refractivity contribution in [3.63, 3.8) is 0 Å². The first-order valence-electron chi connectivity index (χ1n) is 20.9. The molecule has 0 aromatic heterocycles. The number of phosphoric ester groups is 1. The normalized spacial score (nSPS) is 14.1. The van der Waals surface area contributed by atoms with Crippen LogP contribution in [0.2, 0.25) is 0 Å². The van der Waals surface area contributed by atoms with Gasteiger partial charge in [-0.05, 0) is 90.5 Å². The van der Waals surface area contributed by atoms with Crippen molar-refractivity contribution in [2.75, 3.05) is 33.4 Å². The van der Waals surface area contributed by atoms with Gasteiger partial charge in [-0.1, -0.05) is 132 Å². The molecule has 0 rings (SSSR count). The smallest absolute Gasteiger partial charge is 0.462 e. The molecule has 0 aliphatic heterocycles. The lowest BCUT2D eigenvalue weighted by atomic mass is 10.1. The third-order valence-corrected chi connectivity index (χ3v) is 9.28. The van der Waals surface area contributed by atoms with Crippen LogP contribution < -0.4 is 5.32 Å². The Bertz CT molecular complexity index is 1110. The minimum absolute atomic E-state index is 0.0318. The maximum absolute atomic E-state index is 12.6. The minimum Gasteiger partial charge on any atom is -0.462 e. The predicted octanol–water partition coefficient (Wildman–Crippen LogP) is 11.8. The van der Waals surface area contributed by atoms with Crippen molar-refractivity contribution in [2.24, 2.45) is 0 Å². The Labute approximate surface area is 329 Å². The highest BCUT2D eigenvalue weighted by Gasteiger charge is 2.26. The van der Waals surface area contributed by atoms with Gasteiger partial charge in [-0.2, -0.15) is 0 Å². The van der Waals surface area contributed by atoms with Crippen LogP contribution in [0.15, 0.2) is 72.9 Å². The van der Waals surface area contributed by atoms with E-state index in [9.17, 15) is 19.0 Å². The Morgan fingerprint density at radius 2 is 1.02 bits per heavy atom. The van der Waals surface area contributed by atoms with Crippen molar-refractivity contribution in [2.45, 2.75) is 161 Å². The van der Waals surface area contributed by atoms with Gasteiger partial charge in [0.05, 0.1) is 13.2 Å². The maximum atomic E-state index is 12.6. The number of unbranched alkanes of at least 4 members (excludes halogenated alkanes) is 12. The fourth-order valence-corrected chi connectivity index (χ4v) is 5.85. The molecule has 0 heterocycles. The average molecular weight is 778 g/mol. The topological polar surface area (TPSA) is 120 Å². The Morgan fingerprint density at radius 3 is 1.54 bits per heavy atom. The van der Waals surface area contributed by atoms with E-state index in [0.717, 1.165) is 64.2 Å². The van der Waals surface area contributed by atoms with Crippen molar-refractivity contribution in [1.82, 2.24) is 5.32 Å². The van der Waals surface area contributed by atoms with Gasteiger partial charge in [-0.25, -0.2) is 4.57 Å². The van der Waals surface area contributed by atoms with Gasteiger partial charge in [0.15, 0.2) is 6.10 Å². The summed E-state index contributed by atoms with van der Waals surface area (Å²) in [6, 6.07) is 0. The minimum atomic E-state index is -4.37. The van der Waals surface area contributed by atoms with Crippen molar-refractivity contribution >= 4 is 19.8 Å². The summed E-state index contributed by atoms with van der Waals surface area (Å²) in [5, 5.41) is 2.81. The van der Waals surface area contributed by atoms with Crippen molar-refractivity contribution in [3.8, 4) is 0 Å². The molecule has 0 aliphatic carbocycles. The average Bonchev–Trinajstić information content (AvgIpc) is 3.15. The van der Waals surface area contributed by atoms with Crippen molar-refractivity contribution in [3.05, 3.63) is 72.9 Å². The molecule has 10 heteroatoms. The molecule has 2 N–H and O–H groups in total. The number of ether oxygens (including phenoxy) is 2. The van der Waals surface area contributed by atoms with E-state index < -0.39 is 32.5 Å². The summed E-state index contributed by atoms with van der Waals surface area (Å²) in [7, 11) is -2.68. The number of phosphoric acid groups is 1. The van der Waals surface area contributed by atoms with E-state index in [1.165, 1.54) is 51.4 Å². The molecular formula is C44H76NO8P. The highest BCUT2D eigenvalue weighted by molar-refractivity contribution is 7.47. The van der Waals surface area contributed by atoms with Crippen LogP contribution in [0.25, 0.3) is 0 Å². The van der Waals surface area contributed by atoms with Gasteiger partial charge in [0.25, 0.3) is 0 Å². The van der Waals surface area contributed by atoms with Gasteiger partial charge in [0.1, 0.15) is 6.61 Å². The van der Waals surface area contributed by atoms with Crippen LogP contribution >= 0.6 is 7.82 Å².